The first-order valence-electron chi connectivity index (χ1n) is 8.03. The summed E-state index contributed by atoms with van der Waals surface area (Å²) in [5.74, 6) is 0.302. The van der Waals surface area contributed by atoms with Crippen LogP contribution in [0.2, 0.25) is 5.02 Å². The SMILES string of the molecule is CCN1CCN(c2nccc(C(=O)Nc3ccccc3Cl)n2)CC1. The molecular formula is C17H20ClN5O. The number of benzene rings is 1. The molecule has 1 N–H and O–H groups in total. The lowest BCUT2D eigenvalue weighted by molar-refractivity contribution is 0.102. The van der Waals surface area contributed by atoms with E-state index in [0.29, 0.717) is 22.4 Å². The number of hydrogen-bond acceptors (Lipinski definition) is 5. The molecule has 0 spiro atoms. The number of amides is 1. The second kappa shape index (κ2) is 7.59. The van der Waals surface area contributed by atoms with Crippen molar-refractivity contribution >= 4 is 29.1 Å². The minimum atomic E-state index is -0.293. The summed E-state index contributed by atoms with van der Waals surface area (Å²) in [5, 5.41) is 3.28. The lowest BCUT2D eigenvalue weighted by Crippen LogP contribution is -2.46. The molecule has 24 heavy (non-hydrogen) atoms. The Morgan fingerprint density at radius 1 is 1.21 bits per heavy atom. The smallest absolute Gasteiger partial charge is 0.274 e. The maximum Gasteiger partial charge on any atom is 0.274 e. The van der Waals surface area contributed by atoms with Crippen molar-refractivity contribution in [2.75, 3.05) is 42.9 Å². The van der Waals surface area contributed by atoms with E-state index in [1.54, 1.807) is 24.4 Å². The van der Waals surface area contributed by atoms with Crippen LogP contribution in [0.3, 0.4) is 0 Å². The number of piperazine rings is 1. The third-order valence-electron chi connectivity index (χ3n) is 4.10. The van der Waals surface area contributed by atoms with E-state index in [2.05, 4.69) is 32.0 Å². The molecule has 0 radical (unpaired) electrons. The normalized spacial score (nSPS) is 15.3. The maximum atomic E-state index is 12.4. The van der Waals surface area contributed by atoms with Crippen LogP contribution in [0.4, 0.5) is 11.6 Å². The number of hydrogen-bond donors (Lipinski definition) is 1. The number of halogens is 1. The van der Waals surface area contributed by atoms with Gasteiger partial charge in [-0.1, -0.05) is 30.7 Å². The monoisotopic (exact) mass is 345 g/mol. The second-order valence-corrected chi connectivity index (χ2v) is 6.00. The van der Waals surface area contributed by atoms with E-state index in [0.717, 1.165) is 32.7 Å². The van der Waals surface area contributed by atoms with Gasteiger partial charge in [-0.05, 0) is 24.7 Å². The number of likely N-dealkylation sites (N-methyl/N-ethyl adjacent to an activating group) is 1. The van der Waals surface area contributed by atoms with Crippen LogP contribution >= 0.6 is 11.6 Å². The molecule has 0 saturated carbocycles. The minimum absolute atomic E-state index is 0.293. The van der Waals surface area contributed by atoms with Crippen molar-refractivity contribution < 1.29 is 4.79 Å². The van der Waals surface area contributed by atoms with Crippen LogP contribution in [-0.2, 0) is 0 Å². The number of rotatable bonds is 4. The molecule has 7 heteroatoms. The minimum Gasteiger partial charge on any atom is -0.338 e. The Kier molecular flexibility index (Phi) is 5.27. The number of carbonyl (C=O) groups excluding carboxylic acids is 1. The third-order valence-corrected chi connectivity index (χ3v) is 4.43. The van der Waals surface area contributed by atoms with E-state index in [1.165, 1.54) is 0 Å². The second-order valence-electron chi connectivity index (χ2n) is 5.60. The van der Waals surface area contributed by atoms with Crippen molar-refractivity contribution in [3.05, 3.63) is 47.2 Å². The molecule has 3 rings (SSSR count). The van der Waals surface area contributed by atoms with Crippen molar-refractivity contribution in [1.82, 2.24) is 14.9 Å². The highest BCUT2D eigenvalue weighted by Crippen LogP contribution is 2.21. The number of nitrogens with one attached hydrogen (secondary N) is 1. The van der Waals surface area contributed by atoms with Gasteiger partial charge >= 0.3 is 0 Å². The Labute approximate surface area is 146 Å². The van der Waals surface area contributed by atoms with Crippen LogP contribution in [0.1, 0.15) is 17.4 Å². The summed E-state index contributed by atoms with van der Waals surface area (Å²) in [5.41, 5.74) is 0.902. The topological polar surface area (TPSA) is 61.4 Å². The highest BCUT2D eigenvalue weighted by molar-refractivity contribution is 6.33. The molecule has 0 bridgehead atoms. The molecule has 126 valence electrons. The van der Waals surface area contributed by atoms with Crippen molar-refractivity contribution in [3.8, 4) is 0 Å². The summed E-state index contributed by atoms with van der Waals surface area (Å²) in [4.78, 5) is 25.6. The Hall–Kier alpha value is -2.18. The quantitative estimate of drug-likeness (QED) is 0.922. The van der Waals surface area contributed by atoms with Crippen molar-refractivity contribution in [2.45, 2.75) is 6.92 Å². The number of carbonyl (C=O) groups is 1. The van der Waals surface area contributed by atoms with Gasteiger partial charge in [-0.3, -0.25) is 4.79 Å². The number of anilines is 2. The predicted molar refractivity (Wildman–Crippen MR) is 95.8 cm³/mol. The van der Waals surface area contributed by atoms with Gasteiger partial charge < -0.3 is 15.1 Å². The lowest BCUT2D eigenvalue weighted by Gasteiger charge is -2.34. The van der Waals surface area contributed by atoms with Crippen LogP contribution in [-0.4, -0.2) is 53.5 Å². The summed E-state index contributed by atoms with van der Waals surface area (Å²) in [6.45, 7) is 6.90. The molecule has 0 atom stereocenters. The summed E-state index contributed by atoms with van der Waals surface area (Å²) >= 11 is 6.08. The third kappa shape index (κ3) is 3.83. The molecule has 2 heterocycles. The first-order valence-corrected chi connectivity index (χ1v) is 8.41. The fraction of sp³-hybridized carbons (Fsp3) is 0.353. The fourth-order valence-electron chi connectivity index (χ4n) is 2.64. The Balaban J connectivity index is 1.71. The summed E-state index contributed by atoms with van der Waals surface area (Å²) in [7, 11) is 0. The van der Waals surface area contributed by atoms with Gasteiger partial charge in [0.1, 0.15) is 5.69 Å². The van der Waals surface area contributed by atoms with Crippen molar-refractivity contribution in [1.29, 1.82) is 0 Å². The highest BCUT2D eigenvalue weighted by Gasteiger charge is 2.19. The zero-order valence-electron chi connectivity index (χ0n) is 13.6. The van der Waals surface area contributed by atoms with E-state index < -0.39 is 0 Å². The first-order chi connectivity index (χ1) is 11.7. The predicted octanol–water partition coefficient (Wildman–Crippen LogP) is 2.52. The molecule has 0 unspecified atom stereocenters. The van der Waals surface area contributed by atoms with Gasteiger partial charge in [-0.25, -0.2) is 9.97 Å². The highest BCUT2D eigenvalue weighted by atomic mass is 35.5. The van der Waals surface area contributed by atoms with E-state index in [1.807, 2.05) is 12.1 Å². The number of para-hydroxylation sites is 1. The molecule has 1 fully saturated rings. The van der Waals surface area contributed by atoms with Gasteiger partial charge in [-0.15, -0.1) is 0 Å². The molecule has 6 nitrogen and oxygen atoms in total. The number of nitrogens with zero attached hydrogens (tertiary/aromatic N) is 4. The van der Waals surface area contributed by atoms with Crippen molar-refractivity contribution in [3.63, 3.8) is 0 Å². The van der Waals surface area contributed by atoms with Crippen LogP contribution in [0.15, 0.2) is 36.5 Å². The van der Waals surface area contributed by atoms with E-state index in [9.17, 15) is 4.79 Å². The fourth-order valence-corrected chi connectivity index (χ4v) is 2.82. The largest absolute Gasteiger partial charge is 0.338 e. The molecular weight excluding hydrogens is 326 g/mol. The van der Waals surface area contributed by atoms with Gasteiger partial charge in [0.2, 0.25) is 5.95 Å². The molecule has 1 amide bonds. The Morgan fingerprint density at radius 2 is 1.96 bits per heavy atom. The van der Waals surface area contributed by atoms with Crippen LogP contribution < -0.4 is 10.2 Å². The lowest BCUT2D eigenvalue weighted by atomic mass is 10.3. The molecule has 1 saturated heterocycles. The molecule has 2 aromatic rings. The Morgan fingerprint density at radius 3 is 2.67 bits per heavy atom. The molecule has 1 aromatic carbocycles. The first kappa shape index (κ1) is 16.7. The average Bonchev–Trinajstić information content (AvgIpc) is 2.64. The summed E-state index contributed by atoms with van der Waals surface area (Å²) in [6, 6.07) is 8.73. The number of aromatic nitrogens is 2. The van der Waals surface area contributed by atoms with Gasteiger partial charge in [0.25, 0.3) is 5.91 Å². The standard InChI is InChI=1S/C17H20ClN5O/c1-2-22-9-11-23(12-10-22)17-19-8-7-15(21-17)16(24)20-14-6-4-3-5-13(14)18/h3-8H,2,9-12H2,1H3,(H,20,24). The van der Waals surface area contributed by atoms with E-state index in [-0.39, 0.29) is 5.91 Å². The van der Waals surface area contributed by atoms with Crippen LogP contribution in [0, 0.1) is 0 Å². The summed E-state index contributed by atoms with van der Waals surface area (Å²) < 4.78 is 0. The molecule has 1 aromatic heterocycles. The van der Waals surface area contributed by atoms with E-state index in [4.69, 9.17) is 11.6 Å². The van der Waals surface area contributed by atoms with Crippen LogP contribution in [0.25, 0.3) is 0 Å². The van der Waals surface area contributed by atoms with Crippen LogP contribution in [0.5, 0.6) is 0 Å². The van der Waals surface area contributed by atoms with Gasteiger partial charge in [0.15, 0.2) is 0 Å². The average molecular weight is 346 g/mol. The zero-order chi connectivity index (χ0) is 16.9. The van der Waals surface area contributed by atoms with Gasteiger partial charge in [0, 0.05) is 32.4 Å². The van der Waals surface area contributed by atoms with Crippen molar-refractivity contribution in [2.24, 2.45) is 0 Å². The van der Waals surface area contributed by atoms with E-state index >= 15 is 0 Å². The maximum absolute atomic E-state index is 12.4. The van der Waals surface area contributed by atoms with Gasteiger partial charge in [0.05, 0.1) is 10.7 Å². The molecule has 1 aliphatic rings. The molecule has 0 aliphatic carbocycles. The molecule has 1 aliphatic heterocycles. The Bertz CT molecular complexity index is 716. The summed E-state index contributed by atoms with van der Waals surface area (Å²) in [6.07, 6.45) is 1.62. The zero-order valence-corrected chi connectivity index (χ0v) is 14.3. The van der Waals surface area contributed by atoms with Gasteiger partial charge in [-0.2, -0.15) is 0 Å².